The van der Waals surface area contributed by atoms with Crippen LogP contribution < -0.4 is 25.8 Å². The fraction of sp³-hybridized carbons (Fsp3) is 0.581. The molecule has 3 heterocycles. The molecule has 3 rings (SSSR count). The second-order valence-corrected chi connectivity index (χ2v) is 13.5. The fourth-order valence-corrected chi connectivity index (χ4v) is 6.05. The number of hydrogen-bond acceptors (Lipinski definition) is 9. The van der Waals surface area contributed by atoms with Crippen molar-refractivity contribution >= 4 is 40.3 Å². The van der Waals surface area contributed by atoms with Crippen LogP contribution in [0, 0.1) is 23.7 Å². The molecule has 2 unspecified atom stereocenters. The molecule has 0 saturated carbocycles. The lowest BCUT2D eigenvalue weighted by atomic mass is 9.86. The number of ether oxygens (including phenoxy) is 1. The summed E-state index contributed by atoms with van der Waals surface area (Å²) in [7, 11) is 0. The molecule has 0 aliphatic carbocycles. The summed E-state index contributed by atoms with van der Waals surface area (Å²) in [4.78, 5) is 21.7. The third-order valence-corrected chi connectivity index (χ3v) is 8.68. The van der Waals surface area contributed by atoms with Gasteiger partial charge in [0.2, 0.25) is 0 Å². The van der Waals surface area contributed by atoms with Crippen LogP contribution in [0.25, 0.3) is 0 Å². The standard InChI is InChI=1S/C31H48ClN7O2S/c1-9-28(35-22(6)33-15-10-11-23-17-31(7,8)34-18-23)42-38-30(40)24-12-13-26(36-29(24)32)39-16-14-27(37-39)41-19-25(20(2)3)21(4)5/h9,12-14,16,20-21,23,25,27,33-34,37H,1,6,10-11,15,17-19H2,2-5,7-8H3,(H,38,40)/b35-28+. The second kappa shape index (κ2) is 15.9. The van der Waals surface area contributed by atoms with Crippen LogP contribution in [0.15, 0.2) is 54.5 Å². The van der Waals surface area contributed by atoms with E-state index < -0.39 is 0 Å². The van der Waals surface area contributed by atoms with E-state index in [0.29, 0.717) is 47.0 Å². The van der Waals surface area contributed by atoms with E-state index in [1.54, 1.807) is 23.2 Å². The number of amides is 1. The lowest BCUT2D eigenvalue weighted by Crippen LogP contribution is -2.38. The zero-order valence-corrected chi connectivity index (χ0v) is 27.4. The van der Waals surface area contributed by atoms with Crippen molar-refractivity contribution in [3.05, 3.63) is 60.2 Å². The predicted octanol–water partition coefficient (Wildman–Crippen LogP) is 6.04. The first-order chi connectivity index (χ1) is 19.9. The quantitative estimate of drug-likeness (QED) is 0.0659. The lowest BCUT2D eigenvalue weighted by molar-refractivity contribution is 0.0178. The highest BCUT2D eigenvalue weighted by Crippen LogP contribution is 2.27. The number of nitrogens with one attached hydrogen (secondary N) is 4. The molecule has 232 valence electrons. The molecule has 11 heteroatoms. The summed E-state index contributed by atoms with van der Waals surface area (Å²) in [6, 6.07) is 3.37. The summed E-state index contributed by atoms with van der Waals surface area (Å²) >= 11 is 7.46. The average Bonchev–Trinajstić information content (AvgIpc) is 3.54. The fourth-order valence-electron chi connectivity index (χ4n) is 5.27. The highest BCUT2D eigenvalue weighted by atomic mass is 35.5. The summed E-state index contributed by atoms with van der Waals surface area (Å²) in [5.74, 6) is 2.94. The topological polar surface area (TPSA) is 103 Å². The van der Waals surface area contributed by atoms with E-state index in [4.69, 9.17) is 16.3 Å². The molecular formula is C31H48ClN7O2S. The summed E-state index contributed by atoms with van der Waals surface area (Å²) in [5, 5.41) is 9.15. The highest BCUT2D eigenvalue weighted by molar-refractivity contribution is 8.13. The van der Waals surface area contributed by atoms with Crippen LogP contribution in [-0.4, -0.2) is 47.4 Å². The number of rotatable bonds is 14. The number of nitrogens with zero attached hydrogens (tertiary/aromatic N) is 3. The molecule has 2 atom stereocenters. The largest absolute Gasteiger partial charge is 0.371 e. The van der Waals surface area contributed by atoms with Crippen molar-refractivity contribution in [3.63, 3.8) is 0 Å². The van der Waals surface area contributed by atoms with Gasteiger partial charge < -0.3 is 15.4 Å². The van der Waals surface area contributed by atoms with Crippen molar-refractivity contribution in [2.75, 3.05) is 24.7 Å². The van der Waals surface area contributed by atoms with Gasteiger partial charge in [0, 0.05) is 30.2 Å². The number of anilines is 1. The van der Waals surface area contributed by atoms with Gasteiger partial charge in [-0.05, 0) is 87.6 Å². The van der Waals surface area contributed by atoms with Gasteiger partial charge in [-0.1, -0.05) is 52.5 Å². The van der Waals surface area contributed by atoms with Gasteiger partial charge in [0.05, 0.1) is 12.2 Å². The van der Waals surface area contributed by atoms with Crippen molar-refractivity contribution < 1.29 is 9.53 Å². The number of carbonyl (C=O) groups excluding carboxylic acids is 1. The maximum Gasteiger partial charge on any atom is 0.264 e. The van der Waals surface area contributed by atoms with Crippen LogP contribution in [0.4, 0.5) is 5.82 Å². The van der Waals surface area contributed by atoms with Gasteiger partial charge >= 0.3 is 0 Å². The van der Waals surface area contributed by atoms with E-state index in [0.717, 1.165) is 37.9 Å². The van der Waals surface area contributed by atoms with Gasteiger partial charge in [-0.2, -0.15) is 5.43 Å². The summed E-state index contributed by atoms with van der Waals surface area (Å²) in [6.07, 6.45) is 8.48. The minimum Gasteiger partial charge on any atom is -0.371 e. The van der Waals surface area contributed by atoms with Gasteiger partial charge in [0.15, 0.2) is 0 Å². The van der Waals surface area contributed by atoms with E-state index >= 15 is 0 Å². The number of aromatic nitrogens is 1. The van der Waals surface area contributed by atoms with Crippen molar-refractivity contribution in [2.45, 2.75) is 72.6 Å². The molecule has 2 aliphatic rings. The van der Waals surface area contributed by atoms with E-state index in [-0.39, 0.29) is 28.4 Å². The zero-order chi connectivity index (χ0) is 30.9. The van der Waals surface area contributed by atoms with E-state index in [1.807, 2.05) is 12.3 Å². The Bertz CT molecular complexity index is 1150. The molecular weight excluding hydrogens is 570 g/mol. The molecule has 1 aromatic rings. The first kappa shape index (κ1) is 34.1. The van der Waals surface area contributed by atoms with Gasteiger partial charge in [-0.3, -0.25) is 14.5 Å². The van der Waals surface area contributed by atoms with Crippen LogP contribution >= 0.6 is 23.5 Å². The Morgan fingerprint density at radius 2 is 2.07 bits per heavy atom. The molecule has 2 aliphatic heterocycles. The smallest absolute Gasteiger partial charge is 0.264 e. The summed E-state index contributed by atoms with van der Waals surface area (Å²) in [5.41, 5.74) is 3.74. The third-order valence-electron chi connectivity index (χ3n) is 7.64. The molecule has 0 radical (unpaired) electrons. The van der Waals surface area contributed by atoms with Crippen molar-refractivity contribution in [1.82, 2.24) is 25.8 Å². The Kier molecular flexibility index (Phi) is 12.9. The molecule has 1 amide bonds. The van der Waals surface area contributed by atoms with Crippen LogP contribution in [-0.2, 0) is 4.74 Å². The van der Waals surface area contributed by atoms with Gasteiger partial charge in [-0.15, -0.1) is 0 Å². The molecule has 1 saturated heterocycles. The first-order valence-corrected chi connectivity index (χ1v) is 16.0. The van der Waals surface area contributed by atoms with Crippen molar-refractivity contribution in [2.24, 2.45) is 28.7 Å². The Balaban J connectivity index is 1.44. The monoisotopic (exact) mass is 617 g/mol. The Hall–Kier alpha value is -2.37. The zero-order valence-electron chi connectivity index (χ0n) is 25.9. The minimum absolute atomic E-state index is 0.0915. The Morgan fingerprint density at radius 3 is 2.69 bits per heavy atom. The highest BCUT2D eigenvalue weighted by Gasteiger charge is 2.29. The van der Waals surface area contributed by atoms with Gasteiger partial charge in [-0.25, -0.2) is 9.98 Å². The van der Waals surface area contributed by atoms with Crippen LogP contribution in [0.3, 0.4) is 0 Å². The maximum atomic E-state index is 12.8. The van der Waals surface area contributed by atoms with E-state index in [9.17, 15) is 4.79 Å². The summed E-state index contributed by atoms with van der Waals surface area (Å²) in [6.45, 7) is 23.7. The number of halogens is 1. The van der Waals surface area contributed by atoms with Crippen LogP contribution in [0.1, 0.15) is 71.2 Å². The number of carbonyl (C=O) groups is 1. The molecule has 0 aromatic carbocycles. The second-order valence-electron chi connectivity index (χ2n) is 12.3. The van der Waals surface area contributed by atoms with Crippen molar-refractivity contribution in [3.8, 4) is 0 Å². The van der Waals surface area contributed by atoms with E-state index in [2.05, 4.69) is 85.5 Å². The SMILES string of the molecule is C=C/C(=N\C(=C)NCCCC1CNC(C)(C)C1)SNC(=O)c1ccc(N2C=CC(OCC(C(C)C)C(C)C)N2)nc1Cl. The van der Waals surface area contributed by atoms with Gasteiger partial charge in [0.1, 0.15) is 28.1 Å². The number of hydrazine groups is 1. The number of aliphatic imine (C=N–C) groups is 1. The molecule has 1 fully saturated rings. The maximum absolute atomic E-state index is 12.8. The van der Waals surface area contributed by atoms with E-state index in [1.165, 1.54) is 6.42 Å². The molecule has 42 heavy (non-hydrogen) atoms. The molecule has 0 bridgehead atoms. The van der Waals surface area contributed by atoms with Gasteiger partial charge in [0.25, 0.3) is 5.91 Å². The Morgan fingerprint density at radius 1 is 1.33 bits per heavy atom. The predicted molar refractivity (Wildman–Crippen MR) is 176 cm³/mol. The van der Waals surface area contributed by atoms with Crippen LogP contribution in [0.2, 0.25) is 5.15 Å². The first-order valence-electron chi connectivity index (χ1n) is 14.8. The third kappa shape index (κ3) is 10.4. The molecule has 9 nitrogen and oxygen atoms in total. The lowest BCUT2D eigenvalue weighted by Gasteiger charge is -2.26. The number of hydrogen-bond donors (Lipinski definition) is 4. The average molecular weight is 618 g/mol. The normalized spacial score (nSPS) is 20.1. The van der Waals surface area contributed by atoms with Crippen molar-refractivity contribution in [1.29, 1.82) is 0 Å². The van der Waals surface area contributed by atoms with Crippen LogP contribution in [0.5, 0.6) is 0 Å². The molecule has 4 N–H and O–H groups in total. The summed E-state index contributed by atoms with van der Waals surface area (Å²) < 4.78 is 8.84. The number of pyridine rings is 1. The molecule has 0 spiro atoms. The Labute approximate surface area is 261 Å². The molecule has 1 aromatic heterocycles. The minimum atomic E-state index is -0.384.